The molecule has 9 heteroatoms. The van der Waals surface area contributed by atoms with Gasteiger partial charge in [0.05, 0.1) is 5.75 Å². The molecule has 0 bridgehead atoms. The molecule has 0 radical (unpaired) electrons. The number of halogens is 1. The van der Waals surface area contributed by atoms with E-state index >= 15 is 0 Å². The molecule has 0 aromatic heterocycles. The maximum atomic E-state index is 12.0. The van der Waals surface area contributed by atoms with Crippen molar-refractivity contribution in [1.29, 1.82) is 0 Å². The number of piperidine rings is 1. The first-order chi connectivity index (χ1) is 12.5. The van der Waals surface area contributed by atoms with Gasteiger partial charge in [-0.2, -0.15) is 0 Å². The summed E-state index contributed by atoms with van der Waals surface area (Å²) in [5, 5.41) is 6.37. The van der Waals surface area contributed by atoms with E-state index in [-0.39, 0.29) is 29.7 Å². The minimum absolute atomic E-state index is 0. The zero-order chi connectivity index (χ0) is 18.8. The topological polar surface area (TPSA) is 85.8 Å². The fraction of sp³-hybridized carbons (Fsp3) is 0.944. The van der Waals surface area contributed by atoms with E-state index in [9.17, 15) is 8.42 Å². The first-order valence-corrected chi connectivity index (χ1v) is 11.8. The summed E-state index contributed by atoms with van der Waals surface area (Å²) in [6.07, 6.45) is 8.55. The lowest BCUT2D eigenvalue weighted by molar-refractivity contribution is 0.159. The third kappa shape index (κ3) is 9.76. The molecule has 0 aromatic carbocycles. The van der Waals surface area contributed by atoms with Gasteiger partial charge < -0.3 is 15.5 Å². The highest BCUT2D eigenvalue weighted by molar-refractivity contribution is 14.0. The minimum Gasteiger partial charge on any atom is -0.356 e. The van der Waals surface area contributed by atoms with Crippen LogP contribution in [0.4, 0.5) is 0 Å². The molecule has 0 aromatic rings. The molecule has 1 saturated carbocycles. The summed E-state index contributed by atoms with van der Waals surface area (Å²) in [6, 6.07) is 0.693. The van der Waals surface area contributed by atoms with E-state index in [1.165, 1.54) is 32.2 Å². The normalized spacial score (nSPS) is 22.0. The predicted octanol–water partition coefficient (Wildman–Crippen LogP) is 1.75. The Labute approximate surface area is 182 Å². The van der Waals surface area contributed by atoms with Gasteiger partial charge in [0.2, 0.25) is 10.0 Å². The van der Waals surface area contributed by atoms with Crippen LogP contribution >= 0.6 is 24.0 Å². The molecule has 1 aliphatic heterocycles. The molecule has 1 heterocycles. The van der Waals surface area contributed by atoms with E-state index in [1.807, 2.05) is 0 Å². The molecular weight excluding hydrogens is 477 g/mol. The third-order valence-corrected chi connectivity index (χ3v) is 6.91. The maximum absolute atomic E-state index is 12.0. The quantitative estimate of drug-likeness (QED) is 0.179. The fourth-order valence-corrected chi connectivity index (χ4v) is 4.52. The monoisotopic (exact) mass is 515 g/mol. The lowest BCUT2D eigenvalue weighted by Crippen LogP contribution is -2.43. The van der Waals surface area contributed by atoms with Crippen molar-refractivity contribution in [2.24, 2.45) is 10.9 Å². The van der Waals surface area contributed by atoms with Gasteiger partial charge >= 0.3 is 0 Å². The molecule has 1 atom stereocenters. The predicted molar refractivity (Wildman–Crippen MR) is 123 cm³/mol. The number of nitrogens with zero attached hydrogens (tertiary/aromatic N) is 2. The first kappa shape index (κ1) is 24.9. The average molecular weight is 516 g/mol. The lowest BCUT2D eigenvalue weighted by Gasteiger charge is -2.33. The summed E-state index contributed by atoms with van der Waals surface area (Å²) in [5.74, 6) is 1.28. The van der Waals surface area contributed by atoms with Gasteiger partial charge in [-0.1, -0.05) is 12.8 Å². The summed E-state index contributed by atoms with van der Waals surface area (Å²) in [6.45, 7) is 6.42. The number of sulfonamides is 1. The molecule has 0 spiro atoms. The number of likely N-dealkylation sites (tertiary alicyclic amines) is 1. The lowest BCUT2D eigenvalue weighted by atomic mass is 9.86. The summed E-state index contributed by atoms with van der Waals surface area (Å²) in [7, 11) is -1.49. The van der Waals surface area contributed by atoms with Crippen LogP contribution in [0.25, 0.3) is 0 Å². The van der Waals surface area contributed by atoms with E-state index < -0.39 is 10.0 Å². The maximum Gasteiger partial charge on any atom is 0.213 e. The van der Waals surface area contributed by atoms with Crippen LogP contribution < -0.4 is 15.4 Å². The van der Waals surface area contributed by atoms with Crippen molar-refractivity contribution in [2.75, 3.05) is 45.5 Å². The number of aliphatic imine (C=N–C) groups is 1. The van der Waals surface area contributed by atoms with Crippen LogP contribution in [0.1, 0.15) is 51.9 Å². The molecule has 2 rings (SSSR count). The molecule has 7 nitrogen and oxygen atoms in total. The Balaban J connectivity index is 0.00000364. The van der Waals surface area contributed by atoms with Gasteiger partial charge in [0, 0.05) is 39.3 Å². The zero-order valence-corrected chi connectivity index (χ0v) is 20.0. The number of hydrogen-bond acceptors (Lipinski definition) is 4. The highest BCUT2D eigenvalue weighted by Gasteiger charge is 2.20. The zero-order valence-electron chi connectivity index (χ0n) is 16.9. The standard InChI is InChI=1S/C18H37N5O2S.HI/c1-16-7-3-4-12-23(16)13-6-10-20-18(19-2)21-11-14-26(24,25)22-15-17-8-5-9-17;/h16-17,22H,3-15H2,1-2H3,(H2,19,20,21);1H. The van der Waals surface area contributed by atoms with Gasteiger partial charge in [0.25, 0.3) is 0 Å². The summed E-state index contributed by atoms with van der Waals surface area (Å²) in [5.41, 5.74) is 0. The van der Waals surface area contributed by atoms with Crippen molar-refractivity contribution in [3.05, 3.63) is 0 Å². The van der Waals surface area contributed by atoms with Crippen molar-refractivity contribution >= 4 is 40.0 Å². The molecule has 2 fully saturated rings. The second-order valence-electron chi connectivity index (χ2n) is 7.62. The van der Waals surface area contributed by atoms with Gasteiger partial charge in [-0.15, -0.1) is 24.0 Å². The smallest absolute Gasteiger partial charge is 0.213 e. The Morgan fingerprint density at radius 3 is 2.48 bits per heavy atom. The fourth-order valence-electron chi connectivity index (χ4n) is 3.52. The van der Waals surface area contributed by atoms with Gasteiger partial charge in [-0.3, -0.25) is 4.99 Å². The van der Waals surface area contributed by atoms with Gasteiger partial charge in [-0.05, 0) is 51.5 Å². The van der Waals surface area contributed by atoms with Gasteiger partial charge in [0.15, 0.2) is 5.96 Å². The minimum atomic E-state index is -3.20. The van der Waals surface area contributed by atoms with E-state index in [0.29, 0.717) is 31.0 Å². The van der Waals surface area contributed by atoms with Crippen LogP contribution in [0, 0.1) is 5.92 Å². The second kappa shape index (κ2) is 13.2. The second-order valence-corrected chi connectivity index (χ2v) is 9.55. The van der Waals surface area contributed by atoms with Crippen LogP contribution in [0.5, 0.6) is 0 Å². The van der Waals surface area contributed by atoms with Crippen LogP contribution in [-0.4, -0.2) is 70.8 Å². The Hall–Kier alpha value is -0.130. The molecule has 3 N–H and O–H groups in total. The van der Waals surface area contributed by atoms with Crippen LogP contribution in [0.3, 0.4) is 0 Å². The van der Waals surface area contributed by atoms with Crippen molar-refractivity contribution in [3.63, 3.8) is 0 Å². The number of rotatable bonds is 10. The van der Waals surface area contributed by atoms with Crippen LogP contribution in [0.2, 0.25) is 0 Å². The highest BCUT2D eigenvalue weighted by Crippen LogP contribution is 2.25. The van der Waals surface area contributed by atoms with Crippen molar-refractivity contribution in [2.45, 2.75) is 57.9 Å². The Bertz CT molecular complexity index is 540. The summed E-state index contributed by atoms with van der Waals surface area (Å²) in [4.78, 5) is 6.73. The van der Waals surface area contributed by atoms with E-state index in [1.54, 1.807) is 7.05 Å². The molecule has 1 unspecified atom stereocenters. The van der Waals surface area contributed by atoms with Gasteiger partial charge in [0.1, 0.15) is 0 Å². The Morgan fingerprint density at radius 2 is 1.85 bits per heavy atom. The van der Waals surface area contributed by atoms with Crippen molar-refractivity contribution in [1.82, 2.24) is 20.3 Å². The number of nitrogens with one attached hydrogen (secondary N) is 3. The van der Waals surface area contributed by atoms with Crippen LogP contribution in [-0.2, 0) is 10.0 Å². The third-order valence-electron chi connectivity index (χ3n) is 5.56. The molecule has 0 amide bonds. The molecule has 2 aliphatic rings. The summed E-state index contributed by atoms with van der Waals surface area (Å²) >= 11 is 0. The average Bonchev–Trinajstić information content (AvgIpc) is 2.57. The molecular formula is C18H38IN5O2S. The van der Waals surface area contributed by atoms with Crippen LogP contribution in [0.15, 0.2) is 4.99 Å². The highest BCUT2D eigenvalue weighted by atomic mass is 127. The van der Waals surface area contributed by atoms with E-state index in [0.717, 1.165) is 32.4 Å². The molecule has 27 heavy (non-hydrogen) atoms. The summed E-state index contributed by atoms with van der Waals surface area (Å²) < 4.78 is 26.7. The number of hydrogen-bond donors (Lipinski definition) is 3. The first-order valence-electron chi connectivity index (χ1n) is 10.2. The molecule has 160 valence electrons. The van der Waals surface area contributed by atoms with Crippen molar-refractivity contribution < 1.29 is 8.42 Å². The Morgan fingerprint density at radius 1 is 1.11 bits per heavy atom. The van der Waals surface area contributed by atoms with Gasteiger partial charge in [-0.25, -0.2) is 13.1 Å². The largest absolute Gasteiger partial charge is 0.356 e. The molecule has 1 aliphatic carbocycles. The number of guanidine groups is 1. The SMILES string of the molecule is CN=C(NCCCN1CCCCC1C)NCCS(=O)(=O)NCC1CCC1.I. The van der Waals surface area contributed by atoms with Crippen molar-refractivity contribution in [3.8, 4) is 0 Å². The van der Waals surface area contributed by atoms with E-state index in [4.69, 9.17) is 0 Å². The van der Waals surface area contributed by atoms with E-state index in [2.05, 4.69) is 32.2 Å². The Kier molecular flexibility index (Phi) is 12.1. The molecule has 1 saturated heterocycles.